The highest BCUT2D eigenvalue weighted by atomic mass is 35.5. The van der Waals surface area contributed by atoms with Crippen LogP contribution in [0.5, 0.6) is 11.5 Å². The smallest absolute Gasteiger partial charge is 0.246 e. The van der Waals surface area contributed by atoms with Gasteiger partial charge in [0.2, 0.25) is 11.8 Å². The summed E-state index contributed by atoms with van der Waals surface area (Å²) in [4.78, 5) is 28.6. The Kier molecular flexibility index (Phi) is 7.92. The van der Waals surface area contributed by atoms with Gasteiger partial charge in [0.1, 0.15) is 0 Å². The van der Waals surface area contributed by atoms with E-state index in [2.05, 4.69) is 5.32 Å². The molecular formula is C23H26ClN3O4. The maximum atomic E-state index is 12.5. The van der Waals surface area contributed by atoms with E-state index in [1.165, 1.54) is 0 Å². The number of para-hydroxylation sites is 1. The van der Waals surface area contributed by atoms with Crippen molar-refractivity contribution < 1.29 is 19.1 Å². The van der Waals surface area contributed by atoms with E-state index in [0.717, 1.165) is 5.56 Å². The molecule has 2 aromatic carbocycles. The van der Waals surface area contributed by atoms with E-state index in [-0.39, 0.29) is 18.4 Å². The van der Waals surface area contributed by atoms with Crippen molar-refractivity contribution in [3.8, 4) is 11.5 Å². The van der Waals surface area contributed by atoms with Crippen LogP contribution in [0.15, 0.2) is 48.5 Å². The van der Waals surface area contributed by atoms with Gasteiger partial charge in [-0.3, -0.25) is 14.5 Å². The Balaban J connectivity index is 1.48. The van der Waals surface area contributed by atoms with Gasteiger partial charge in [-0.25, -0.2) is 0 Å². The Labute approximate surface area is 187 Å². The minimum atomic E-state index is -0.124. The lowest BCUT2D eigenvalue weighted by atomic mass is 10.2. The molecule has 164 valence electrons. The number of rotatable bonds is 7. The summed E-state index contributed by atoms with van der Waals surface area (Å²) in [6.07, 6.45) is 3.31. The molecule has 0 saturated carbocycles. The van der Waals surface area contributed by atoms with Crippen molar-refractivity contribution in [3.63, 3.8) is 0 Å². The number of ether oxygens (including phenoxy) is 2. The molecule has 1 fully saturated rings. The van der Waals surface area contributed by atoms with Gasteiger partial charge in [-0.15, -0.1) is 0 Å². The van der Waals surface area contributed by atoms with Crippen LogP contribution in [0, 0.1) is 0 Å². The molecule has 0 bridgehead atoms. The number of amides is 2. The largest absolute Gasteiger partial charge is 0.493 e. The van der Waals surface area contributed by atoms with Crippen molar-refractivity contribution in [3.05, 3.63) is 59.1 Å². The van der Waals surface area contributed by atoms with Gasteiger partial charge in [-0.1, -0.05) is 29.8 Å². The second kappa shape index (κ2) is 10.8. The lowest BCUT2D eigenvalue weighted by molar-refractivity contribution is -0.127. The van der Waals surface area contributed by atoms with Gasteiger partial charge >= 0.3 is 0 Å². The normalized spacial score (nSPS) is 14.5. The number of benzene rings is 2. The Morgan fingerprint density at radius 3 is 2.42 bits per heavy atom. The van der Waals surface area contributed by atoms with Crippen molar-refractivity contribution in [1.82, 2.24) is 9.80 Å². The Morgan fingerprint density at radius 2 is 1.74 bits per heavy atom. The van der Waals surface area contributed by atoms with Crippen LogP contribution < -0.4 is 14.8 Å². The van der Waals surface area contributed by atoms with E-state index >= 15 is 0 Å². The second-order valence-electron chi connectivity index (χ2n) is 7.08. The zero-order chi connectivity index (χ0) is 22.2. The van der Waals surface area contributed by atoms with Gasteiger partial charge in [0.05, 0.1) is 31.5 Å². The van der Waals surface area contributed by atoms with Crippen LogP contribution in [0.2, 0.25) is 5.02 Å². The fraction of sp³-hybridized carbons (Fsp3) is 0.304. The molecule has 7 nitrogen and oxygen atoms in total. The van der Waals surface area contributed by atoms with Crippen LogP contribution >= 0.6 is 11.6 Å². The maximum Gasteiger partial charge on any atom is 0.246 e. The Hall–Kier alpha value is -3.03. The molecule has 1 N–H and O–H groups in total. The molecule has 1 saturated heterocycles. The third-order valence-electron chi connectivity index (χ3n) is 5.03. The van der Waals surface area contributed by atoms with E-state index in [1.807, 2.05) is 29.2 Å². The van der Waals surface area contributed by atoms with Crippen LogP contribution in [0.25, 0.3) is 6.08 Å². The van der Waals surface area contributed by atoms with Crippen molar-refractivity contribution in [2.45, 2.75) is 0 Å². The summed E-state index contributed by atoms with van der Waals surface area (Å²) in [5, 5.41) is 3.33. The molecule has 8 heteroatoms. The standard InChI is InChI=1S/C23H26ClN3O4/c1-30-20-9-7-17(15-21(20)31-2)8-10-23(29)27-13-11-26(12-14-27)16-22(28)25-19-6-4-3-5-18(19)24/h3-10,15H,11-14,16H2,1-2H3,(H,25,28)/b10-8+. The summed E-state index contributed by atoms with van der Waals surface area (Å²) in [5.74, 6) is 1.07. The number of carbonyl (C=O) groups is 2. The molecular weight excluding hydrogens is 418 g/mol. The molecule has 0 aromatic heterocycles. The lowest BCUT2D eigenvalue weighted by Crippen LogP contribution is -2.50. The number of piperazine rings is 1. The molecule has 0 radical (unpaired) electrons. The number of nitrogens with zero attached hydrogens (tertiary/aromatic N) is 2. The zero-order valence-corrected chi connectivity index (χ0v) is 18.4. The number of methoxy groups -OCH3 is 2. The molecule has 0 aliphatic carbocycles. The molecule has 2 amide bonds. The minimum absolute atomic E-state index is 0.0602. The molecule has 3 rings (SSSR count). The van der Waals surface area contributed by atoms with Crippen LogP contribution in [-0.4, -0.2) is 68.6 Å². The predicted octanol–water partition coefficient (Wildman–Crippen LogP) is 3.15. The summed E-state index contributed by atoms with van der Waals surface area (Å²) in [5.41, 5.74) is 1.45. The average molecular weight is 444 g/mol. The molecule has 0 unspecified atom stereocenters. The first-order valence-corrected chi connectivity index (χ1v) is 10.3. The molecule has 1 heterocycles. The van der Waals surface area contributed by atoms with Crippen molar-refractivity contribution >= 4 is 35.2 Å². The molecule has 0 atom stereocenters. The van der Waals surface area contributed by atoms with Crippen LogP contribution in [0.3, 0.4) is 0 Å². The van der Waals surface area contributed by atoms with Gasteiger partial charge in [0.15, 0.2) is 11.5 Å². The Bertz CT molecular complexity index is 956. The zero-order valence-electron chi connectivity index (χ0n) is 17.6. The highest BCUT2D eigenvalue weighted by Gasteiger charge is 2.21. The highest BCUT2D eigenvalue weighted by molar-refractivity contribution is 6.33. The molecule has 31 heavy (non-hydrogen) atoms. The number of anilines is 1. The van der Waals surface area contributed by atoms with Gasteiger partial charge in [0.25, 0.3) is 0 Å². The lowest BCUT2D eigenvalue weighted by Gasteiger charge is -2.33. The predicted molar refractivity (Wildman–Crippen MR) is 122 cm³/mol. The van der Waals surface area contributed by atoms with Crippen LogP contribution in [0.1, 0.15) is 5.56 Å². The van der Waals surface area contributed by atoms with E-state index in [0.29, 0.717) is 48.4 Å². The monoisotopic (exact) mass is 443 g/mol. The fourth-order valence-electron chi connectivity index (χ4n) is 3.31. The van der Waals surface area contributed by atoms with Gasteiger partial charge in [-0.05, 0) is 35.9 Å². The first-order valence-electron chi connectivity index (χ1n) is 9.96. The second-order valence-corrected chi connectivity index (χ2v) is 7.48. The summed E-state index contributed by atoms with van der Waals surface area (Å²) in [7, 11) is 3.15. The van der Waals surface area contributed by atoms with E-state index < -0.39 is 0 Å². The fourth-order valence-corrected chi connectivity index (χ4v) is 3.49. The number of nitrogens with one attached hydrogen (secondary N) is 1. The topological polar surface area (TPSA) is 71.1 Å². The van der Waals surface area contributed by atoms with Gasteiger partial charge < -0.3 is 19.7 Å². The van der Waals surface area contributed by atoms with E-state index in [4.69, 9.17) is 21.1 Å². The molecule has 2 aromatic rings. The SMILES string of the molecule is COc1ccc(/C=C/C(=O)N2CCN(CC(=O)Nc3ccccc3Cl)CC2)cc1OC. The van der Waals surface area contributed by atoms with Crippen molar-refractivity contribution in [2.24, 2.45) is 0 Å². The van der Waals surface area contributed by atoms with Crippen molar-refractivity contribution in [2.75, 3.05) is 52.3 Å². The number of halogens is 1. The first kappa shape index (κ1) is 22.7. The molecule has 1 aliphatic heterocycles. The summed E-state index contributed by atoms with van der Waals surface area (Å²) in [6.45, 7) is 2.65. The average Bonchev–Trinajstić information content (AvgIpc) is 2.79. The quantitative estimate of drug-likeness (QED) is 0.665. The maximum absolute atomic E-state index is 12.5. The number of carbonyl (C=O) groups excluding carboxylic acids is 2. The van der Waals surface area contributed by atoms with Gasteiger partial charge in [0, 0.05) is 32.3 Å². The van der Waals surface area contributed by atoms with Crippen molar-refractivity contribution in [1.29, 1.82) is 0 Å². The minimum Gasteiger partial charge on any atom is -0.493 e. The summed E-state index contributed by atoms with van der Waals surface area (Å²) < 4.78 is 10.5. The highest BCUT2D eigenvalue weighted by Crippen LogP contribution is 2.28. The third kappa shape index (κ3) is 6.23. The van der Waals surface area contributed by atoms with Crippen LogP contribution in [-0.2, 0) is 9.59 Å². The molecule has 1 aliphatic rings. The third-order valence-corrected chi connectivity index (χ3v) is 5.35. The first-order chi connectivity index (χ1) is 15.0. The van der Waals surface area contributed by atoms with E-state index in [9.17, 15) is 9.59 Å². The number of hydrogen-bond donors (Lipinski definition) is 1. The van der Waals surface area contributed by atoms with Crippen LogP contribution in [0.4, 0.5) is 5.69 Å². The molecule has 0 spiro atoms. The summed E-state index contributed by atoms with van der Waals surface area (Å²) in [6, 6.07) is 12.6. The van der Waals surface area contributed by atoms with E-state index in [1.54, 1.807) is 49.5 Å². The Morgan fingerprint density at radius 1 is 1.03 bits per heavy atom. The summed E-state index contributed by atoms with van der Waals surface area (Å²) >= 11 is 6.08. The van der Waals surface area contributed by atoms with Gasteiger partial charge in [-0.2, -0.15) is 0 Å². The number of hydrogen-bond acceptors (Lipinski definition) is 5.